The Morgan fingerprint density at radius 1 is 1.20 bits per heavy atom. The highest BCUT2D eigenvalue weighted by molar-refractivity contribution is 5.20. The normalized spacial score (nSPS) is 20.1. The lowest BCUT2D eigenvalue weighted by Crippen LogP contribution is -2.23. The molecule has 0 aromatic heterocycles. The molecule has 1 nitrogen and oxygen atoms in total. The maximum atomic E-state index is 13.0. The van der Waals surface area contributed by atoms with Gasteiger partial charge in [0.2, 0.25) is 0 Å². The summed E-state index contributed by atoms with van der Waals surface area (Å²) in [5.41, 5.74) is 7.12. The van der Waals surface area contributed by atoms with E-state index in [9.17, 15) is 4.39 Å². The molecule has 0 heterocycles. The molecule has 82 valence electrons. The summed E-state index contributed by atoms with van der Waals surface area (Å²) in [5, 5.41) is 0. The van der Waals surface area contributed by atoms with Gasteiger partial charge in [0.1, 0.15) is 5.82 Å². The van der Waals surface area contributed by atoms with Crippen LogP contribution in [0.4, 0.5) is 4.39 Å². The summed E-state index contributed by atoms with van der Waals surface area (Å²) >= 11 is 0. The van der Waals surface area contributed by atoms with Crippen molar-refractivity contribution in [2.75, 3.05) is 0 Å². The molecule has 1 aliphatic carbocycles. The highest BCUT2D eigenvalue weighted by atomic mass is 19.1. The largest absolute Gasteiger partial charge is 0.324 e. The SMILES string of the molecule is NC(c1cccc(F)c1)C1CCCCC1. The van der Waals surface area contributed by atoms with E-state index in [1.807, 2.05) is 6.07 Å². The van der Waals surface area contributed by atoms with Crippen LogP contribution < -0.4 is 5.73 Å². The molecule has 0 amide bonds. The lowest BCUT2D eigenvalue weighted by Gasteiger charge is -2.27. The van der Waals surface area contributed by atoms with E-state index in [0.29, 0.717) is 5.92 Å². The molecule has 1 atom stereocenters. The van der Waals surface area contributed by atoms with E-state index < -0.39 is 0 Å². The molecule has 0 spiro atoms. The van der Waals surface area contributed by atoms with Crippen molar-refractivity contribution < 1.29 is 4.39 Å². The van der Waals surface area contributed by atoms with Crippen LogP contribution in [0.3, 0.4) is 0 Å². The van der Waals surface area contributed by atoms with E-state index in [-0.39, 0.29) is 11.9 Å². The molecular formula is C13H18FN. The van der Waals surface area contributed by atoms with Crippen molar-refractivity contribution >= 4 is 0 Å². The van der Waals surface area contributed by atoms with Crippen molar-refractivity contribution in [3.63, 3.8) is 0 Å². The minimum atomic E-state index is -0.182. The summed E-state index contributed by atoms with van der Waals surface area (Å²) < 4.78 is 13.0. The predicted octanol–water partition coefficient (Wildman–Crippen LogP) is 3.41. The fraction of sp³-hybridized carbons (Fsp3) is 0.538. The molecule has 0 saturated heterocycles. The molecular weight excluding hydrogens is 189 g/mol. The Hall–Kier alpha value is -0.890. The molecule has 1 aromatic carbocycles. The topological polar surface area (TPSA) is 26.0 Å². The van der Waals surface area contributed by atoms with Gasteiger partial charge in [-0.2, -0.15) is 0 Å². The van der Waals surface area contributed by atoms with Gasteiger partial charge in [0.15, 0.2) is 0 Å². The van der Waals surface area contributed by atoms with E-state index in [1.54, 1.807) is 12.1 Å². The summed E-state index contributed by atoms with van der Waals surface area (Å²) in [5.74, 6) is 0.360. The lowest BCUT2D eigenvalue weighted by atomic mass is 9.81. The Labute approximate surface area is 90.5 Å². The van der Waals surface area contributed by atoms with Crippen LogP contribution in [0.1, 0.15) is 43.7 Å². The molecule has 2 rings (SSSR count). The van der Waals surface area contributed by atoms with Crippen LogP contribution in [0.5, 0.6) is 0 Å². The van der Waals surface area contributed by atoms with Crippen molar-refractivity contribution in [2.24, 2.45) is 11.7 Å². The summed E-state index contributed by atoms with van der Waals surface area (Å²) in [6.07, 6.45) is 6.25. The van der Waals surface area contributed by atoms with Gasteiger partial charge in [0.25, 0.3) is 0 Å². The molecule has 0 aliphatic heterocycles. The fourth-order valence-corrected chi connectivity index (χ4v) is 2.48. The molecule has 0 radical (unpaired) electrons. The van der Waals surface area contributed by atoms with E-state index >= 15 is 0 Å². The van der Waals surface area contributed by atoms with Crippen LogP contribution in [0.25, 0.3) is 0 Å². The zero-order valence-electron chi connectivity index (χ0n) is 8.95. The fourth-order valence-electron chi connectivity index (χ4n) is 2.48. The van der Waals surface area contributed by atoms with Crippen molar-refractivity contribution in [3.8, 4) is 0 Å². The molecule has 2 heteroatoms. The zero-order chi connectivity index (χ0) is 10.7. The number of hydrogen-bond donors (Lipinski definition) is 1. The second kappa shape index (κ2) is 4.75. The minimum absolute atomic E-state index is 0.0148. The molecule has 0 bridgehead atoms. The first-order valence-corrected chi connectivity index (χ1v) is 5.78. The zero-order valence-corrected chi connectivity index (χ0v) is 8.95. The van der Waals surface area contributed by atoms with E-state index in [4.69, 9.17) is 5.73 Å². The van der Waals surface area contributed by atoms with E-state index in [2.05, 4.69) is 0 Å². The van der Waals surface area contributed by atoms with Crippen LogP contribution in [0.15, 0.2) is 24.3 Å². The number of halogens is 1. The van der Waals surface area contributed by atoms with Gasteiger partial charge in [-0.3, -0.25) is 0 Å². The molecule has 1 aromatic rings. The third-order valence-electron chi connectivity index (χ3n) is 3.39. The van der Waals surface area contributed by atoms with Crippen LogP contribution in [-0.2, 0) is 0 Å². The van der Waals surface area contributed by atoms with Crippen molar-refractivity contribution in [2.45, 2.75) is 38.1 Å². The van der Waals surface area contributed by atoms with Gasteiger partial charge >= 0.3 is 0 Å². The Balaban J connectivity index is 2.08. The highest BCUT2D eigenvalue weighted by Gasteiger charge is 2.21. The van der Waals surface area contributed by atoms with Crippen molar-refractivity contribution in [1.82, 2.24) is 0 Å². The highest BCUT2D eigenvalue weighted by Crippen LogP contribution is 2.32. The van der Waals surface area contributed by atoms with E-state index in [1.165, 1.54) is 38.2 Å². The van der Waals surface area contributed by atoms with Gasteiger partial charge in [0.05, 0.1) is 0 Å². The first kappa shape index (κ1) is 10.6. The van der Waals surface area contributed by atoms with Gasteiger partial charge < -0.3 is 5.73 Å². The molecule has 1 saturated carbocycles. The molecule has 1 aliphatic rings. The second-order valence-corrected chi connectivity index (χ2v) is 4.48. The monoisotopic (exact) mass is 207 g/mol. The van der Waals surface area contributed by atoms with Crippen LogP contribution in [0.2, 0.25) is 0 Å². The predicted molar refractivity (Wildman–Crippen MR) is 59.9 cm³/mol. The van der Waals surface area contributed by atoms with Gasteiger partial charge in [-0.1, -0.05) is 31.4 Å². The average molecular weight is 207 g/mol. The maximum absolute atomic E-state index is 13.0. The summed E-state index contributed by atoms with van der Waals surface area (Å²) in [6, 6.07) is 6.73. The van der Waals surface area contributed by atoms with Crippen LogP contribution in [0, 0.1) is 11.7 Å². The van der Waals surface area contributed by atoms with Crippen molar-refractivity contribution in [3.05, 3.63) is 35.6 Å². The van der Waals surface area contributed by atoms with Gasteiger partial charge in [-0.15, -0.1) is 0 Å². The van der Waals surface area contributed by atoms with Gasteiger partial charge in [-0.25, -0.2) is 4.39 Å². The maximum Gasteiger partial charge on any atom is 0.123 e. The number of nitrogens with two attached hydrogens (primary N) is 1. The first-order valence-electron chi connectivity index (χ1n) is 5.78. The Morgan fingerprint density at radius 2 is 1.93 bits per heavy atom. The average Bonchev–Trinajstić information content (AvgIpc) is 2.29. The molecule has 1 unspecified atom stereocenters. The Kier molecular flexibility index (Phi) is 3.37. The third-order valence-corrected chi connectivity index (χ3v) is 3.39. The summed E-state index contributed by atoms with van der Waals surface area (Å²) in [4.78, 5) is 0. The number of rotatable bonds is 2. The van der Waals surface area contributed by atoms with E-state index in [0.717, 1.165) is 5.56 Å². The van der Waals surface area contributed by atoms with Crippen LogP contribution >= 0.6 is 0 Å². The Morgan fingerprint density at radius 3 is 2.60 bits per heavy atom. The van der Waals surface area contributed by atoms with Gasteiger partial charge in [-0.05, 0) is 36.5 Å². The number of benzene rings is 1. The molecule has 1 fully saturated rings. The second-order valence-electron chi connectivity index (χ2n) is 4.48. The summed E-state index contributed by atoms with van der Waals surface area (Å²) in [7, 11) is 0. The smallest absolute Gasteiger partial charge is 0.123 e. The molecule has 2 N–H and O–H groups in total. The minimum Gasteiger partial charge on any atom is -0.324 e. The van der Waals surface area contributed by atoms with Gasteiger partial charge in [0, 0.05) is 6.04 Å². The standard InChI is InChI=1S/C13H18FN/c14-12-8-4-7-11(9-12)13(15)10-5-2-1-3-6-10/h4,7-10,13H,1-3,5-6,15H2. The van der Waals surface area contributed by atoms with Crippen molar-refractivity contribution in [1.29, 1.82) is 0 Å². The number of hydrogen-bond acceptors (Lipinski definition) is 1. The quantitative estimate of drug-likeness (QED) is 0.790. The molecule has 15 heavy (non-hydrogen) atoms. The third kappa shape index (κ3) is 2.57. The Bertz CT molecular complexity index is 318. The van der Waals surface area contributed by atoms with Crippen LogP contribution in [-0.4, -0.2) is 0 Å². The summed E-state index contributed by atoms with van der Waals surface area (Å²) in [6.45, 7) is 0. The first-order chi connectivity index (χ1) is 7.27. The lowest BCUT2D eigenvalue weighted by molar-refractivity contribution is 0.308.